The van der Waals surface area contributed by atoms with Gasteiger partial charge in [0.1, 0.15) is 30.5 Å². The maximum Gasteiger partial charge on any atom is 0.311 e. The maximum absolute atomic E-state index is 15.8. The van der Waals surface area contributed by atoms with Crippen LogP contribution in [0.2, 0.25) is 0 Å². The van der Waals surface area contributed by atoms with Crippen LogP contribution in [0.1, 0.15) is 209 Å². The summed E-state index contributed by atoms with van der Waals surface area (Å²) in [6.45, 7) is 41.1. The third-order valence-electron chi connectivity index (χ3n) is 15.7. The van der Waals surface area contributed by atoms with Gasteiger partial charge in [0, 0.05) is 120 Å². The highest BCUT2D eigenvalue weighted by Crippen LogP contribution is 2.49. The van der Waals surface area contributed by atoms with Crippen LogP contribution in [0.25, 0.3) is 0 Å². The van der Waals surface area contributed by atoms with E-state index in [1.165, 1.54) is 0 Å². The first kappa shape index (κ1) is 57.4. The van der Waals surface area contributed by atoms with Gasteiger partial charge in [-0.2, -0.15) is 0 Å². The third kappa shape index (κ3) is 15.2. The Morgan fingerprint density at radius 3 is 0.606 bits per heavy atom. The lowest BCUT2D eigenvalue weighted by Gasteiger charge is -2.49. The molecule has 0 amide bonds. The van der Waals surface area contributed by atoms with Crippen molar-refractivity contribution < 1.29 is 47.7 Å². The van der Waals surface area contributed by atoms with E-state index < -0.39 is 145 Å². The van der Waals surface area contributed by atoms with Crippen LogP contribution in [0.15, 0.2) is 0 Å². The van der Waals surface area contributed by atoms with Gasteiger partial charge >= 0.3 is 29.8 Å². The molecule has 5 N–H and O–H groups in total. The van der Waals surface area contributed by atoms with Crippen LogP contribution in [-0.4, -0.2) is 116 Å². The van der Waals surface area contributed by atoms with Crippen molar-refractivity contribution >= 4 is 29.8 Å². The Morgan fingerprint density at radius 2 is 0.423 bits per heavy atom. The lowest BCUT2D eigenvalue weighted by molar-refractivity contribution is -0.199. The zero-order valence-electron chi connectivity index (χ0n) is 47.6. The van der Waals surface area contributed by atoms with E-state index in [2.05, 4.69) is 137 Å². The van der Waals surface area contributed by atoms with Gasteiger partial charge in [0.2, 0.25) is 0 Å². The van der Waals surface area contributed by atoms with Gasteiger partial charge in [0.25, 0.3) is 0 Å². The van der Waals surface area contributed by atoms with Gasteiger partial charge in [0.05, 0.1) is 29.6 Å². The zero-order chi connectivity index (χ0) is 53.5. The summed E-state index contributed by atoms with van der Waals surface area (Å²) in [6, 6.07) is 0. The summed E-state index contributed by atoms with van der Waals surface area (Å²) in [5.41, 5.74) is -4.16. The average Bonchev–Trinajstić information content (AvgIpc) is 3.06. The van der Waals surface area contributed by atoms with Gasteiger partial charge in [-0.15, -0.1) is 0 Å². The van der Waals surface area contributed by atoms with Crippen LogP contribution >= 0.6 is 0 Å². The fourth-order valence-corrected chi connectivity index (χ4v) is 15.5. The summed E-state index contributed by atoms with van der Waals surface area (Å²) >= 11 is 0. The van der Waals surface area contributed by atoms with Gasteiger partial charge in [-0.1, -0.05) is 0 Å². The largest absolute Gasteiger partial charge is 0.462 e. The number of hydrogen-bond donors (Lipinski definition) is 5. The van der Waals surface area contributed by atoms with Crippen molar-refractivity contribution in [2.24, 2.45) is 29.6 Å². The Labute approximate surface area is 427 Å². The molecule has 0 radical (unpaired) electrons. The minimum absolute atomic E-state index is 0.309. The molecule has 5 heterocycles. The molecule has 71 heavy (non-hydrogen) atoms. The quantitative estimate of drug-likeness (QED) is 0.105. The van der Waals surface area contributed by atoms with Crippen LogP contribution in [0.5, 0.6) is 0 Å². The topological polar surface area (TPSA) is 192 Å². The molecule has 6 rings (SSSR count). The average molecular weight is 1000 g/mol. The third-order valence-corrected chi connectivity index (χ3v) is 15.7. The molecule has 6 aliphatic rings. The van der Waals surface area contributed by atoms with Gasteiger partial charge in [-0.3, -0.25) is 24.0 Å². The first-order valence-corrected chi connectivity index (χ1v) is 26.9. The Hall–Kier alpha value is -2.85. The zero-order valence-corrected chi connectivity index (χ0v) is 47.6. The Morgan fingerprint density at radius 1 is 0.268 bits per heavy atom. The summed E-state index contributed by atoms with van der Waals surface area (Å²) in [7, 11) is 0. The van der Waals surface area contributed by atoms with E-state index in [9.17, 15) is 0 Å². The molecule has 406 valence electrons. The number of rotatable bonds is 10. The maximum atomic E-state index is 15.8. The van der Waals surface area contributed by atoms with E-state index in [-0.39, 0.29) is 6.42 Å². The molecule has 0 aromatic heterocycles. The SMILES string of the molecule is CC1(C)CC(OC(=O)C2CC(C(=O)OC3CC(C)(C)NC(C)(C)C3)C(C(=O)OC3CC(C)(C)NC(C)(C)C3)C(C(=O)OC3CC(C)(C)NC(C)(C)C3)C2C(=O)OC2CC(C)(C)NC(C)(C)C2)CC(C)(C)N1. The Kier molecular flexibility index (Phi) is 15.7. The summed E-state index contributed by atoms with van der Waals surface area (Å²) in [5.74, 6) is -11.5. The molecule has 0 aromatic carbocycles. The van der Waals surface area contributed by atoms with E-state index in [0.29, 0.717) is 64.2 Å². The molecule has 15 heteroatoms. The van der Waals surface area contributed by atoms with Crippen molar-refractivity contribution in [3.05, 3.63) is 0 Å². The molecule has 5 aliphatic heterocycles. The molecule has 0 spiro atoms. The Balaban J connectivity index is 1.51. The van der Waals surface area contributed by atoms with E-state index >= 15 is 24.0 Å². The van der Waals surface area contributed by atoms with Crippen molar-refractivity contribution in [3.63, 3.8) is 0 Å². The number of esters is 5. The highest BCUT2D eigenvalue weighted by Gasteiger charge is 2.62. The number of hydrogen-bond acceptors (Lipinski definition) is 15. The molecule has 4 unspecified atom stereocenters. The van der Waals surface area contributed by atoms with Gasteiger partial charge in [0.15, 0.2) is 0 Å². The second-order valence-electron chi connectivity index (χ2n) is 29.8. The fourth-order valence-electron chi connectivity index (χ4n) is 15.5. The van der Waals surface area contributed by atoms with Crippen LogP contribution in [-0.2, 0) is 47.7 Å². The predicted octanol–water partition coefficient (Wildman–Crippen LogP) is 7.73. The molecule has 1 saturated carbocycles. The molecule has 4 atom stereocenters. The van der Waals surface area contributed by atoms with Crippen LogP contribution < -0.4 is 26.6 Å². The highest BCUT2D eigenvalue weighted by molar-refractivity contribution is 5.94. The number of carbonyl (C=O) groups is 5. The first-order valence-electron chi connectivity index (χ1n) is 26.9. The number of carbonyl (C=O) groups excluding carboxylic acids is 5. The second kappa shape index (κ2) is 19.4. The van der Waals surface area contributed by atoms with Crippen molar-refractivity contribution in [1.82, 2.24) is 26.6 Å². The number of piperidine rings is 5. The Bertz CT molecular complexity index is 1830. The minimum atomic E-state index is -1.67. The number of ether oxygens (including phenoxy) is 5. The smallest absolute Gasteiger partial charge is 0.311 e. The second-order valence-corrected chi connectivity index (χ2v) is 29.8. The normalized spacial score (nSPS) is 33.2. The van der Waals surface area contributed by atoms with Gasteiger partial charge in [-0.05, 0) is 145 Å². The summed E-state index contributed by atoms with van der Waals surface area (Å²) in [6.07, 6.45) is 1.42. The standard InChI is InChI=1S/C56H97N5O10/c1-47(2)22-32(23-48(3,4)57-47)67-42(62)37-21-38(43(63)68-33-24-49(5,6)58-50(7,8)25-33)40(45(65)70-35-28-53(13,14)60-54(15,16)29-35)41(46(66)71-36-30-55(17,18)61-56(19,20)31-36)39(37)44(64)69-34-26-51(9,10)59-52(11,12)27-34/h32-41,57-61H,21-31H2,1-20H3. The minimum Gasteiger partial charge on any atom is -0.462 e. The van der Waals surface area contributed by atoms with Crippen LogP contribution in [0.4, 0.5) is 0 Å². The lowest BCUT2D eigenvalue weighted by atomic mass is 9.61. The molecule has 1 aliphatic carbocycles. The first-order chi connectivity index (χ1) is 31.9. The highest BCUT2D eigenvalue weighted by atomic mass is 16.6. The molecule has 6 fully saturated rings. The molecular formula is C56H97N5O10. The monoisotopic (exact) mass is 1000 g/mol. The van der Waals surface area contributed by atoms with Crippen LogP contribution in [0, 0.1) is 29.6 Å². The van der Waals surface area contributed by atoms with E-state index in [4.69, 9.17) is 23.7 Å². The van der Waals surface area contributed by atoms with Crippen molar-refractivity contribution in [2.75, 3.05) is 0 Å². The number of nitrogens with one attached hydrogen (secondary N) is 5. The summed E-state index contributed by atoms with van der Waals surface area (Å²) in [4.78, 5) is 77.8. The lowest BCUT2D eigenvalue weighted by Crippen LogP contribution is -2.62. The molecule has 0 bridgehead atoms. The predicted molar refractivity (Wildman–Crippen MR) is 274 cm³/mol. The molecule has 15 nitrogen and oxygen atoms in total. The fraction of sp³-hybridized carbons (Fsp3) is 0.911. The van der Waals surface area contributed by atoms with Crippen LogP contribution in [0.3, 0.4) is 0 Å². The van der Waals surface area contributed by atoms with Crippen molar-refractivity contribution in [2.45, 2.75) is 295 Å². The summed E-state index contributed by atoms with van der Waals surface area (Å²) in [5, 5.41) is 18.2. The molecular weight excluding hydrogens is 903 g/mol. The molecule has 0 aromatic rings. The molecule has 5 saturated heterocycles. The van der Waals surface area contributed by atoms with E-state index in [0.717, 1.165) is 0 Å². The van der Waals surface area contributed by atoms with Gasteiger partial charge in [-0.25, -0.2) is 0 Å². The summed E-state index contributed by atoms with van der Waals surface area (Å²) < 4.78 is 32.8. The van der Waals surface area contributed by atoms with Gasteiger partial charge < -0.3 is 50.3 Å². The van der Waals surface area contributed by atoms with Crippen molar-refractivity contribution in [1.29, 1.82) is 0 Å². The van der Waals surface area contributed by atoms with E-state index in [1.807, 2.05) is 27.7 Å². The van der Waals surface area contributed by atoms with Crippen molar-refractivity contribution in [3.8, 4) is 0 Å². The van der Waals surface area contributed by atoms with E-state index in [1.54, 1.807) is 0 Å².